The van der Waals surface area contributed by atoms with E-state index in [1.54, 1.807) is 19.1 Å². The summed E-state index contributed by atoms with van der Waals surface area (Å²) in [5.41, 5.74) is 0.746. The number of pyridine rings is 1. The van der Waals surface area contributed by atoms with Crippen LogP contribution < -0.4 is 4.72 Å². The number of carbonyl (C=O) groups excluding carboxylic acids is 1. The van der Waals surface area contributed by atoms with Crippen molar-refractivity contribution in [2.24, 2.45) is 0 Å². The van der Waals surface area contributed by atoms with Gasteiger partial charge in [-0.3, -0.25) is 4.79 Å². The zero-order valence-corrected chi connectivity index (χ0v) is 10.0. The maximum atomic E-state index is 11.7. The van der Waals surface area contributed by atoms with Crippen LogP contribution in [0.4, 0.5) is 0 Å². The van der Waals surface area contributed by atoms with E-state index in [4.69, 9.17) is 4.74 Å². The van der Waals surface area contributed by atoms with Crippen molar-refractivity contribution < 1.29 is 17.9 Å². The molecule has 0 radical (unpaired) electrons. The molecule has 2 rings (SSSR count). The van der Waals surface area contributed by atoms with Gasteiger partial charge in [-0.1, -0.05) is 6.07 Å². The normalized spacial score (nSPS) is 16.3. The summed E-state index contributed by atoms with van der Waals surface area (Å²) in [5, 5.41) is -0.642. The summed E-state index contributed by atoms with van der Waals surface area (Å²) >= 11 is 0. The molecule has 0 saturated carbocycles. The first kappa shape index (κ1) is 12.0. The second-order valence-corrected chi connectivity index (χ2v) is 5.76. The molecule has 0 bridgehead atoms. The van der Waals surface area contributed by atoms with Gasteiger partial charge in [-0.25, -0.2) is 18.1 Å². The van der Waals surface area contributed by atoms with Crippen LogP contribution in [-0.2, 0) is 14.8 Å². The Morgan fingerprint density at radius 2 is 2.18 bits per heavy atom. The van der Waals surface area contributed by atoms with Crippen LogP contribution >= 0.6 is 0 Å². The van der Waals surface area contributed by atoms with Crippen molar-refractivity contribution in [3.8, 4) is 0 Å². The molecule has 1 aromatic heterocycles. The number of hydrogen-bond acceptors (Lipinski definition) is 5. The largest absolute Gasteiger partial charge is 0.378 e. The Morgan fingerprint density at radius 1 is 1.47 bits per heavy atom. The van der Waals surface area contributed by atoms with Crippen LogP contribution in [0.2, 0.25) is 0 Å². The third kappa shape index (κ3) is 2.62. The summed E-state index contributed by atoms with van der Waals surface area (Å²) < 4.78 is 30.1. The van der Waals surface area contributed by atoms with E-state index in [9.17, 15) is 13.2 Å². The van der Waals surface area contributed by atoms with E-state index in [1.165, 1.54) is 6.07 Å². The molecule has 92 valence electrons. The van der Waals surface area contributed by atoms with Gasteiger partial charge in [-0.05, 0) is 19.1 Å². The highest BCUT2D eigenvalue weighted by atomic mass is 32.2. The number of aromatic nitrogens is 1. The first-order valence-electron chi connectivity index (χ1n) is 5.06. The van der Waals surface area contributed by atoms with Gasteiger partial charge in [0.1, 0.15) is 10.9 Å². The van der Waals surface area contributed by atoms with E-state index in [0.717, 1.165) is 0 Å². The van der Waals surface area contributed by atoms with Gasteiger partial charge in [-0.2, -0.15) is 0 Å². The van der Waals surface area contributed by atoms with Crippen LogP contribution in [0.25, 0.3) is 0 Å². The Labute approximate surface area is 99.1 Å². The van der Waals surface area contributed by atoms with Crippen molar-refractivity contribution in [1.29, 1.82) is 0 Å². The number of ether oxygens (including phenoxy) is 1. The van der Waals surface area contributed by atoms with Crippen LogP contribution in [0.3, 0.4) is 0 Å². The van der Waals surface area contributed by atoms with Crippen molar-refractivity contribution in [1.82, 2.24) is 9.71 Å². The Bertz CT molecular complexity index is 537. The summed E-state index contributed by atoms with van der Waals surface area (Å²) in [4.78, 5) is 15.6. The Morgan fingerprint density at radius 3 is 2.71 bits per heavy atom. The van der Waals surface area contributed by atoms with Gasteiger partial charge >= 0.3 is 0 Å². The van der Waals surface area contributed by atoms with E-state index >= 15 is 0 Å². The average molecular weight is 256 g/mol. The molecule has 7 heteroatoms. The fraction of sp³-hybridized carbons (Fsp3) is 0.400. The number of sulfonamides is 1. The topological polar surface area (TPSA) is 85.4 Å². The minimum absolute atomic E-state index is 0.0915. The maximum absolute atomic E-state index is 11.7. The van der Waals surface area contributed by atoms with E-state index in [2.05, 4.69) is 4.98 Å². The minimum atomic E-state index is -3.65. The highest BCUT2D eigenvalue weighted by Crippen LogP contribution is 2.10. The lowest BCUT2D eigenvalue weighted by Gasteiger charge is -2.25. The van der Waals surface area contributed by atoms with Gasteiger partial charge in [0.25, 0.3) is 5.91 Å². The maximum Gasteiger partial charge on any atom is 0.283 e. The molecule has 1 aliphatic rings. The van der Waals surface area contributed by atoms with Crippen LogP contribution in [0.15, 0.2) is 18.2 Å². The molecular weight excluding hydrogens is 244 g/mol. The Hall–Kier alpha value is -1.47. The lowest BCUT2D eigenvalue weighted by molar-refractivity contribution is 0.0410. The Balaban J connectivity index is 2.11. The molecule has 1 N–H and O–H groups in total. The predicted molar refractivity (Wildman–Crippen MR) is 60.0 cm³/mol. The molecule has 0 atom stereocenters. The van der Waals surface area contributed by atoms with Gasteiger partial charge in [0.2, 0.25) is 10.0 Å². The zero-order chi connectivity index (χ0) is 12.5. The van der Waals surface area contributed by atoms with Crippen molar-refractivity contribution >= 4 is 15.9 Å². The van der Waals surface area contributed by atoms with Crippen LogP contribution in [-0.4, -0.2) is 37.8 Å². The van der Waals surface area contributed by atoms with Gasteiger partial charge in [0.15, 0.2) is 0 Å². The smallest absolute Gasteiger partial charge is 0.283 e. The van der Waals surface area contributed by atoms with Crippen LogP contribution in [0.5, 0.6) is 0 Å². The Kier molecular flexibility index (Phi) is 3.12. The standard InChI is InChI=1S/C10H12N2O4S/c1-7-3-2-4-9(11-7)10(13)12-17(14,15)8-5-16-6-8/h2-4,8H,5-6H2,1H3,(H,12,13). The second kappa shape index (κ2) is 4.42. The fourth-order valence-corrected chi connectivity index (χ4v) is 2.41. The number of nitrogens with zero attached hydrogens (tertiary/aromatic N) is 1. The quantitative estimate of drug-likeness (QED) is 0.812. The fourth-order valence-electron chi connectivity index (χ4n) is 1.33. The van der Waals surface area contributed by atoms with E-state index in [0.29, 0.717) is 5.69 Å². The zero-order valence-electron chi connectivity index (χ0n) is 9.21. The molecule has 6 nitrogen and oxygen atoms in total. The van der Waals surface area contributed by atoms with Gasteiger partial charge in [0, 0.05) is 5.69 Å². The monoisotopic (exact) mass is 256 g/mol. The van der Waals surface area contributed by atoms with Crippen LogP contribution in [0, 0.1) is 6.92 Å². The number of rotatable bonds is 3. The average Bonchev–Trinajstić information content (AvgIpc) is 2.13. The molecule has 1 fully saturated rings. The lowest BCUT2D eigenvalue weighted by atomic mass is 10.3. The third-order valence-electron chi connectivity index (χ3n) is 2.40. The number of carbonyl (C=O) groups is 1. The van der Waals surface area contributed by atoms with Crippen molar-refractivity contribution in [3.63, 3.8) is 0 Å². The summed E-state index contributed by atoms with van der Waals surface area (Å²) in [5.74, 6) is -0.708. The molecule has 2 heterocycles. The minimum Gasteiger partial charge on any atom is -0.378 e. The van der Waals surface area contributed by atoms with Gasteiger partial charge < -0.3 is 4.74 Å². The SMILES string of the molecule is Cc1cccc(C(=O)NS(=O)(=O)C2COC2)n1. The van der Waals surface area contributed by atoms with E-state index in [-0.39, 0.29) is 18.9 Å². The highest BCUT2D eigenvalue weighted by Gasteiger charge is 2.34. The molecule has 0 spiro atoms. The predicted octanol–water partition coefficient (Wildman–Crippen LogP) is -0.152. The number of hydrogen-bond donors (Lipinski definition) is 1. The second-order valence-electron chi connectivity index (χ2n) is 3.80. The first-order valence-corrected chi connectivity index (χ1v) is 6.61. The summed E-state index contributed by atoms with van der Waals surface area (Å²) in [6.45, 7) is 1.98. The lowest BCUT2D eigenvalue weighted by Crippen LogP contribution is -2.48. The third-order valence-corrected chi connectivity index (χ3v) is 4.02. The number of amides is 1. The highest BCUT2D eigenvalue weighted by molar-refractivity contribution is 7.90. The molecule has 1 saturated heterocycles. The molecule has 1 amide bonds. The summed E-state index contributed by atoms with van der Waals surface area (Å²) in [6, 6.07) is 4.84. The van der Waals surface area contributed by atoms with Crippen molar-refractivity contribution in [3.05, 3.63) is 29.6 Å². The molecule has 0 aromatic carbocycles. The number of aryl methyl sites for hydroxylation is 1. The molecular formula is C10H12N2O4S. The number of nitrogens with one attached hydrogen (secondary N) is 1. The van der Waals surface area contributed by atoms with E-state index < -0.39 is 21.2 Å². The van der Waals surface area contributed by atoms with Gasteiger partial charge in [0.05, 0.1) is 13.2 Å². The molecule has 0 unspecified atom stereocenters. The molecule has 17 heavy (non-hydrogen) atoms. The van der Waals surface area contributed by atoms with Gasteiger partial charge in [-0.15, -0.1) is 0 Å². The van der Waals surface area contributed by atoms with E-state index in [1.807, 2.05) is 4.72 Å². The molecule has 1 aromatic rings. The molecule has 1 aliphatic heterocycles. The summed E-state index contributed by atoms with van der Waals surface area (Å²) in [6.07, 6.45) is 0. The molecule has 0 aliphatic carbocycles. The first-order chi connectivity index (χ1) is 7.99. The van der Waals surface area contributed by atoms with Crippen LogP contribution in [0.1, 0.15) is 16.2 Å². The summed E-state index contributed by atoms with van der Waals surface area (Å²) in [7, 11) is -3.65. The van der Waals surface area contributed by atoms with Crippen molar-refractivity contribution in [2.75, 3.05) is 13.2 Å². The van der Waals surface area contributed by atoms with Crippen molar-refractivity contribution in [2.45, 2.75) is 12.2 Å².